The van der Waals surface area contributed by atoms with E-state index < -0.39 is 0 Å². The fourth-order valence-electron chi connectivity index (χ4n) is 1.59. The lowest BCUT2D eigenvalue weighted by atomic mass is 10.3. The Labute approximate surface area is 106 Å². The van der Waals surface area contributed by atoms with E-state index in [2.05, 4.69) is 39.7 Å². The average molecular weight is 247 g/mol. The molecule has 0 spiro atoms. The van der Waals surface area contributed by atoms with Crippen LogP contribution in [-0.2, 0) is 13.0 Å². The third kappa shape index (κ3) is 3.91. The first-order chi connectivity index (χ1) is 8.38. The van der Waals surface area contributed by atoms with Crippen LogP contribution in [0.15, 0.2) is 29.8 Å². The van der Waals surface area contributed by atoms with Crippen LogP contribution < -0.4 is 5.32 Å². The maximum Gasteiger partial charge on any atom is 0.133 e. The summed E-state index contributed by atoms with van der Waals surface area (Å²) >= 11 is 1.75. The molecule has 0 aliphatic rings. The lowest BCUT2D eigenvalue weighted by Gasteiger charge is -2.04. The van der Waals surface area contributed by atoms with E-state index in [9.17, 15) is 0 Å². The molecule has 0 aromatic carbocycles. The fraction of sp³-hybridized carbons (Fsp3) is 0.385. The first-order valence-corrected chi connectivity index (χ1v) is 6.80. The van der Waals surface area contributed by atoms with Crippen LogP contribution in [0.5, 0.6) is 0 Å². The van der Waals surface area contributed by atoms with Gasteiger partial charge in [-0.05, 0) is 30.5 Å². The predicted octanol–water partition coefficient (Wildman–Crippen LogP) is 2.63. The summed E-state index contributed by atoms with van der Waals surface area (Å²) in [4.78, 5) is 10.2. The molecular weight excluding hydrogens is 230 g/mol. The molecule has 17 heavy (non-hydrogen) atoms. The van der Waals surface area contributed by atoms with E-state index >= 15 is 0 Å². The van der Waals surface area contributed by atoms with Gasteiger partial charge in [0.05, 0.1) is 5.69 Å². The topological polar surface area (TPSA) is 37.8 Å². The molecule has 0 aliphatic heterocycles. The second-order valence-corrected chi connectivity index (χ2v) is 4.93. The highest BCUT2D eigenvalue weighted by Gasteiger charge is 2.01. The maximum absolute atomic E-state index is 4.55. The molecule has 2 heterocycles. The minimum atomic E-state index is 0.827. The van der Waals surface area contributed by atoms with E-state index in [1.165, 1.54) is 4.88 Å². The van der Waals surface area contributed by atoms with Gasteiger partial charge in [0.25, 0.3) is 0 Å². The Kier molecular flexibility index (Phi) is 4.64. The van der Waals surface area contributed by atoms with Gasteiger partial charge in [-0.15, -0.1) is 11.3 Å². The average Bonchev–Trinajstić information content (AvgIpc) is 2.83. The Bertz CT molecular complexity index is 440. The van der Waals surface area contributed by atoms with Crippen molar-refractivity contribution in [2.24, 2.45) is 0 Å². The number of hydrogen-bond donors (Lipinski definition) is 1. The summed E-state index contributed by atoms with van der Waals surface area (Å²) in [5.74, 6) is 0.906. The molecule has 0 amide bonds. The number of rotatable bonds is 6. The number of nitrogens with one attached hydrogen (secondary N) is 1. The third-order valence-electron chi connectivity index (χ3n) is 2.41. The van der Waals surface area contributed by atoms with Crippen LogP contribution in [0.25, 0.3) is 0 Å². The first kappa shape index (κ1) is 12.2. The molecular formula is C13H17N3S. The lowest BCUT2D eigenvalue weighted by molar-refractivity contribution is 0.659. The zero-order valence-corrected chi connectivity index (χ0v) is 10.8. The second-order valence-electron chi connectivity index (χ2n) is 3.90. The highest BCUT2D eigenvalue weighted by atomic mass is 32.1. The Morgan fingerprint density at radius 3 is 3.06 bits per heavy atom. The van der Waals surface area contributed by atoms with Crippen molar-refractivity contribution in [1.29, 1.82) is 0 Å². The minimum Gasteiger partial charge on any atom is -0.311 e. The van der Waals surface area contributed by atoms with E-state index in [1.54, 1.807) is 11.3 Å². The van der Waals surface area contributed by atoms with Gasteiger partial charge >= 0.3 is 0 Å². The van der Waals surface area contributed by atoms with Crippen molar-refractivity contribution in [3.05, 3.63) is 46.2 Å². The zero-order chi connectivity index (χ0) is 11.9. The van der Waals surface area contributed by atoms with Gasteiger partial charge in [0.2, 0.25) is 0 Å². The van der Waals surface area contributed by atoms with Crippen molar-refractivity contribution in [2.45, 2.75) is 26.3 Å². The highest BCUT2D eigenvalue weighted by molar-refractivity contribution is 7.09. The van der Waals surface area contributed by atoms with Gasteiger partial charge in [-0.2, -0.15) is 0 Å². The van der Waals surface area contributed by atoms with E-state index in [4.69, 9.17) is 0 Å². The second kappa shape index (κ2) is 6.47. The van der Waals surface area contributed by atoms with Crippen molar-refractivity contribution in [1.82, 2.24) is 15.3 Å². The van der Waals surface area contributed by atoms with Gasteiger partial charge in [0, 0.05) is 24.0 Å². The summed E-state index contributed by atoms with van der Waals surface area (Å²) < 4.78 is 0. The number of hydrogen-bond acceptors (Lipinski definition) is 4. The van der Waals surface area contributed by atoms with Crippen LogP contribution in [0.1, 0.15) is 29.7 Å². The molecule has 0 unspecified atom stereocenters. The van der Waals surface area contributed by atoms with Crippen LogP contribution in [0.3, 0.4) is 0 Å². The molecule has 0 bridgehead atoms. The van der Waals surface area contributed by atoms with Crippen molar-refractivity contribution < 1.29 is 0 Å². The molecule has 2 aromatic heterocycles. The van der Waals surface area contributed by atoms with E-state index in [0.29, 0.717) is 0 Å². The minimum absolute atomic E-state index is 0.827. The van der Waals surface area contributed by atoms with Crippen LogP contribution in [0, 0.1) is 0 Å². The Morgan fingerprint density at radius 2 is 2.29 bits per heavy atom. The van der Waals surface area contributed by atoms with Crippen molar-refractivity contribution in [3.8, 4) is 0 Å². The molecule has 90 valence electrons. The molecule has 0 aliphatic carbocycles. The zero-order valence-electron chi connectivity index (χ0n) is 10.0. The normalized spacial score (nSPS) is 10.6. The molecule has 3 nitrogen and oxygen atoms in total. The number of thiophene rings is 1. The summed E-state index contributed by atoms with van der Waals surface area (Å²) in [7, 11) is 0. The summed E-state index contributed by atoms with van der Waals surface area (Å²) in [6.45, 7) is 4.02. The highest BCUT2D eigenvalue weighted by Crippen LogP contribution is 2.12. The van der Waals surface area contributed by atoms with Crippen LogP contribution >= 0.6 is 11.3 Å². The van der Waals surface area contributed by atoms with Gasteiger partial charge in [0.1, 0.15) is 5.82 Å². The summed E-state index contributed by atoms with van der Waals surface area (Å²) in [5.41, 5.74) is 1.07. The maximum atomic E-state index is 4.55. The predicted molar refractivity (Wildman–Crippen MR) is 71.2 cm³/mol. The SMILES string of the molecule is CCCNCc1ccnc(Cc2cccs2)n1. The largest absolute Gasteiger partial charge is 0.311 e. The molecule has 0 saturated heterocycles. The summed E-state index contributed by atoms with van der Waals surface area (Å²) in [6, 6.07) is 6.16. The quantitative estimate of drug-likeness (QED) is 0.797. The number of aromatic nitrogens is 2. The standard InChI is InChI=1S/C13H17N3S/c1-2-6-14-10-11-5-7-15-13(16-11)9-12-4-3-8-17-12/h3-5,7-8,14H,2,6,9-10H2,1H3. The van der Waals surface area contributed by atoms with E-state index in [0.717, 1.165) is 37.4 Å². The lowest BCUT2D eigenvalue weighted by Crippen LogP contribution is -2.15. The van der Waals surface area contributed by atoms with Gasteiger partial charge in [-0.3, -0.25) is 0 Å². The van der Waals surface area contributed by atoms with E-state index in [-0.39, 0.29) is 0 Å². The summed E-state index contributed by atoms with van der Waals surface area (Å²) in [6.07, 6.45) is 3.82. The summed E-state index contributed by atoms with van der Waals surface area (Å²) in [5, 5.41) is 5.44. The van der Waals surface area contributed by atoms with Gasteiger partial charge in [-0.1, -0.05) is 13.0 Å². The first-order valence-electron chi connectivity index (χ1n) is 5.92. The van der Waals surface area contributed by atoms with Crippen molar-refractivity contribution >= 4 is 11.3 Å². The van der Waals surface area contributed by atoms with Crippen LogP contribution in [0.4, 0.5) is 0 Å². The van der Waals surface area contributed by atoms with Crippen molar-refractivity contribution in [3.63, 3.8) is 0 Å². The molecule has 0 fully saturated rings. The van der Waals surface area contributed by atoms with Gasteiger partial charge in [0.15, 0.2) is 0 Å². The fourth-order valence-corrected chi connectivity index (χ4v) is 2.29. The van der Waals surface area contributed by atoms with Gasteiger partial charge in [-0.25, -0.2) is 9.97 Å². The molecule has 4 heteroatoms. The van der Waals surface area contributed by atoms with Crippen molar-refractivity contribution in [2.75, 3.05) is 6.54 Å². The molecule has 0 atom stereocenters. The smallest absolute Gasteiger partial charge is 0.133 e. The van der Waals surface area contributed by atoms with Crippen LogP contribution in [-0.4, -0.2) is 16.5 Å². The molecule has 0 radical (unpaired) electrons. The molecule has 0 saturated carbocycles. The molecule has 2 rings (SSSR count). The Hall–Kier alpha value is -1.26. The van der Waals surface area contributed by atoms with Gasteiger partial charge < -0.3 is 5.32 Å². The van der Waals surface area contributed by atoms with Crippen LogP contribution in [0.2, 0.25) is 0 Å². The third-order valence-corrected chi connectivity index (χ3v) is 3.28. The Balaban J connectivity index is 1.96. The molecule has 2 aromatic rings. The monoisotopic (exact) mass is 247 g/mol. The Morgan fingerprint density at radius 1 is 1.35 bits per heavy atom. The number of nitrogens with zero attached hydrogens (tertiary/aromatic N) is 2. The van der Waals surface area contributed by atoms with E-state index in [1.807, 2.05) is 12.3 Å². The molecule has 1 N–H and O–H groups in total.